The summed E-state index contributed by atoms with van der Waals surface area (Å²) in [7, 11) is 0. The van der Waals surface area contributed by atoms with E-state index in [1.54, 1.807) is 35.5 Å². The van der Waals surface area contributed by atoms with E-state index in [0.717, 1.165) is 31.4 Å². The number of carbonyl (C=O) groups is 1. The average Bonchev–Trinajstić information content (AvgIpc) is 3.26. The lowest BCUT2D eigenvalue weighted by molar-refractivity contribution is -0.0223. The molecular weight excluding hydrogens is 526 g/mol. The van der Waals surface area contributed by atoms with Gasteiger partial charge in [0.2, 0.25) is 5.95 Å². The minimum Gasteiger partial charge on any atom is -0.507 e. The van der Waals surface area contributed by atoms with Gasteiger partial charge in [0.05, 0.1) is 42.7 Å². The molecule has 3 N–H and O–H groups in total. The second-order valence-electron chi connectivity index (χ2n) is 11.4. The molecule has 2 saturated heterocycles. The van der Waals surface area contributed by atoms with E-state index in [9.17, 15) is 9.90 Å². The van der Waals surface area contributed by atoms with Crippen LogP contribution in [0.4, 0.5) is 16.6 Å². The van der Waals surface area contributed by atoms with E-state index in [2.05, 4.69) is 30.2 Å². The number of phenols is 1. The van der Waals surface area contributed by atoms with E-state index < -0.39 is 5.60 Å². The predicted octanol–water partition coefficient (Wildman–Crippen LogP) is 3.41. The Kier molecular flexibility index (Phi) is 6.72. The van der Waals surface area contributed by atoms with Gasteiger partial charge in [0.1, 0.15) is 17.5 Å². The first-order valence-corrected chi connectivity index (χ1v) is 13.7. The molecule has 41 heavy (non-hydrogen) atoms. The lowest BCUT2D eigenvalue weighted by atomic mass is 10.1. The van der Waals surface area contributed by atoms with Crippen molar-refractivity contribution in [2.45, 2.75) is 51.4 Å². The maximum Gasteiger partial charge on any atom is 0.410 e. The number of amides is 1. The first-order chi connectivity index (χ1) is 19.6. The van der Waals surface area contributed by atoms with E-state index in [1.165, 1.54) is 0 Å². The van der Waals surface area contributed by atoms with E-state index in [0.29, 0.717) is 47.4 Å². The molecule has 5 heterocycles. The third-order valence-electron chi connectivity index (χ3n) is 7.17. The molecule has 2 aliphatic rings. The zero-order valence-corrected chi connectivity index (χ0v) is 23.3. The lowest BCUT2D eigenvalue weighted by Gasteiger charge is -2.39. The molecule has 0 bridgehead atoms. The van der Waals surface area contributed by atoms with E-state index >= 15 is 0 Å². The number of benzene rings is 1. The summed E-state index contributed by atoms with van der Waals surface area (Å²) in [6.45, 7) is 7.96. The number of ether oxygens (including phenoxy) is 2. The van der Waals surface area contributed by atoms with Gasteiger partial charge in [-0.2, -0.15) is 5.10 Å². The summed E-state index contributed by atoms with van der Waals surface area (Å²) in [6.07, 6.45) is 4.53. The van der Waals surface area contributed by atoms with Crippen molar-refractivity contribution in [2.24, 2.45) is 0 Å². The van der Waals surface area contributed by atoms with E-state index in [-0.39, 0.29) is 24.0 Å². The van der Waals surface area contributed by atoms with Gasteiger partial charge in [0, 0.05) is 18.7 Å². The van der Waals surface area contributed by atoms with Crippen LogP contribution in [-0.4, -0.2) is 83.9 Å². The Bertz CT molecular complexity index is 1550. The first-order valence-electron chi connectivity index (χ1n) is 13.7. The number of aromatic nitrogens is 6. The summed E-state index contributed by atoms with van der Waals surface area (Å²) >= 11 is 0. The standard InChI is InChI=1S/C28H33N9O4/c1-28(2,3)41-27(39)36-15-19(16-36)40-18-13-30-26(31-14-18)35-10-8-17(9-11-35)37-22-12-21(20-6-4-5-7-23(20)38)32-33-24(22)25(29)34-37/h4-7,12-14,17,19,38H,8-11,15-16H2,1-3H3,(H2,29,34). The number of hydrogen-bond donors (Lipinski definition) is 2. The highest BCUT2D eigenvalue weighted by Crippen LogP contribution is 2.33. The van der Waals surface area contributed by atoms with Gasteiger partial charge in [-0.3, -0.25) is 4.68 Å². The number of likely N-dealkylation sites (tertiary alicyclic amines) is 1. The van der Waals surface area contributed by atoms with Gasteiger partial charge in [-0.15, -0.1) is 10.2 Å². The number of piperidine rings is 1. The van der Waals surface area contributed by atoms with Crippen molar-refractivity contribution in [1.82, 2.24) is 34.8 Å². The molecule has 0 unspecified atom stereocenters. The second-order valence-corrected chi connectivity index (χ2v) is 11.4. The zero-order valence-electron chi connectivity index (χ0n) is 23.3. The van der Waals surface area contributed by atoms with E-state index in [1.807, 2.05) is 37.6 Å². The van der Waals surface area contributed by atoms with Crippen LogP contribution in [0.5, 0.6) is 11.5 Å². The molecular formula is C28H33N9O4. The highest BCUT2D eigenvalue weighted by Gasteiger charge is 2.35. The maximum atomic E-state index is 12.1. The fourth-order valence-corrected chi connectivity index (χ4v) is 5.08. The lowest BCUT2D eigenvalue weighted by Crippen LogP contribution is -2.57. The fourth-order valence-electron chi connectivity index (χ4n) is 5.08. The Hall–Kier alpha value is -4.68. The Balaban J connectivity index is 1.07. The number of anilines is 2. The molecule has 3 aromatic heterocycles. The van der Waals surface area contributed by atoms with Crippen LogP contribution in [0.3, 0.4) is 0 Å². The average molecular weight is 560 g/mol. The number of rotatable bonds is 5. The summed E-state index contributed by atoms with van der Waals surface area (Å²) in [5.41, 5.74) is 8.15. The number of nitrogens with two attached hydrogens (primary N) is 1. The highest BCUT2D eigenvalue weighted by molar-refractivity contribution is 5.87. The molecule has 4 aromatic rings. The minimum absolute atomic E-state index is 0.111. The smallest absolute Gasteiger partial charge is 0.410 e. The van der Waals surface area contributed by atoms with Crippen molar-refractivity contribution in [1.29, 1.82) is 0 Å². The van der Waals surface area contributed by atoms with Crippen LogP contribution in [0.2, 0.25) is 0 Å². The quantitative estimate of drug-likeness (QED) is 0.369. The predicted molar refractivity (Wildman–Crippen MR) is 152 cm³/mol. The van der Waals surface area contributed by atoms with Crippen LogP contribution >= 0.6 is 0 Å². The number of fused-ring (bicyclic) bond motifs is 1. The molecule has 0 atom stereocenters. The van der Waals surface area contributed by atoms with Crippen LogP contribution < -0.4 is 15.4 Å². The number of nitrogen functional groups attached to an aromatic ring is 1. The Labute approximate surface area is 236 Å². The molecule has 2 fully saturated rings. The Morgan fingerprint density at radius 2 is 1.78 bits per heavy atom. The summed E-state index contributed by atoms with van der Waals surface area (Å²) in [4.78, 5) is 24.9. The van der Waals surface area contributed by atoms with Crippen LogP contribution in [0.1, 0.15) is 39.7 Å². The van der Waals surface area contributed by atoms with Crippen molar-refractivity contribution in [3.05, 3.63) is 42.7 Å². The number of para-hydroxylation sites is 1. The molecule has 0 aliphatic carbocycles. The topological polar surface area (TPSA) is 158 Å². The molecule has 0 spiro atoms. The largest absolute Gasteiger partial charge is 0.507 e. The molecule has 6 rings (SSSR count). The van der Waals surface area contributed by atoms with Crippen LogP contribution in [0.25, 0.3) is 22.3 Å². The van der Waals surface area contributed by atoms with Crippen molar-refractivity contribution < 1.29 is 19.4 Å². The summed E-state index contributed by atoms with van der Waals surface area (Å²) in [5.74, 6) is 1.67. The number of carbonyl (C=O) groups excluding carboxylic acids is 1. The maximum absolute atomic E-state index is 12.1. The normalized spacial score (nSPS) is 16.6. The monoisotopic (exact) mass is 559 g/mol. The first kappa shape index (κ1) is 26.5. The van der Waals surface area contributed by atoms with Gasteiger partial charge >= 0.3 is 6.09 Å². The summed E-state index contributed by atoms with van der Waals surface area (Å²) in [6, 6.07) is 9.02. The van der Waals surface area contributed by atoms with Crippen molar-refractivity contribution in [3.8, 4) is 22.8 Å². The molecule has 13 heteroatoms. The molecule has 13 nitrogen and oxygen atoms in total. The minimum atomic E-state index is -0.522. The molecule has 2 aliphatic heterocycles. The third-order valence-corrected chi connectivity index (χ3v) is 7.17. The molecule has 0 saturated carbocycles. The third kappa shape index (κ3) is 5.52. The number of hydrogen-bond acceptors (Lipinski definition) is 11. The SMILES string of the molecule is CC(C)(C)OC(=O)N1CC(Oc2cnc(N3CCC(n4nc(N)c5nnc(-c6ccccc6O)cc54)CC3)nc2)C1. The van der Waals surface area contributed by atoms with Crippen molar-refractivity contribution >= 4 is 28.9 Å². The van der Waals surface area contributed by atoms with E-state index in [4.69, 9.17) is 15.2 Å². The van der Waals surface area contributed by atoms with Crippen molar-refractivity contribution in [2.75, 3.05) is 36.8 Å². The van der Waals surface area contributed by atoms with Crippen LogP contribution in [0.15, 0.2) is 42.7 Å². The summed E-state index contributed by atoms with van der Waals surface area (Å²) < 4.78 is 13.2. The number of aromatic hydroxyl groups is 1. The Morgan fingerprint density at radius 3 is 2.46 bits per heavy atom. The molecule has 1 aromatic carbocycles. The van der Waals surface area contributed by atoms with Gasteiger partial charge in [-0.1, -0.05) is 12.1 Å². The number of phenolic OH excluding ortho intramolecular Hbond substituents is 1. The number of nitrogens with zero attached hydrogens (tertiary/aromatic N) is 8. The molecule has 1 amide bonds. The van der Waals surface area contributed by atoms with Gasteiger partial charge in [0.25, 0.3) is 0 Å². The highest BCUT2D eigenvalue weighted by atomic mass is 16.6. The van der Waals surface area contributed by atoms with Gasteiger partial charge in [0.15, 0.2) is 17.1 Å². The van der Waals surface area contributed by atoms with Crippen molar-refractivity contribution in [3.63, 3.8) is 0 Å². The van der Waals surface area contributed by atoms with Gasteiger partial charge < -0.3 is 30.1 Å². The summed E-state index contributed by atoms with van der Waals surface area (Å²) in [5, 5.41) is 23.4. The van der Waals surface area contributed by atoms with Crippen LogP contribution in [-0.2, 0) is 4.74 Å². The van der Waals surface area contributed by atoms with Gasteiger partial charge in [-0.05, 0) is 51.8 Å². The molecule has 214 valence electrons. The van der Waals surface area contributed by atoms with Gasteiger partial charge in [-0.25, -0.2) is 14.8 Å². The fraction of sp³-hybridized carbons (Fsp3) is 0.429. The molecule has 0 radical (unpaired) electrons. The zero-order chi connectivity index (χ0) is 28.7. The second kappa shape index (κ2) is 10.4. The Morgan fingerprint density at radius 1 is 1.07 bits per heavy atom. The van der Waals surface area contributed by atoms with Crippen LogP contribution in [0, 0.1) is 0 Å².